The van der Waals surface area contributed by atoms with Crippen molar-refractivity contribution in [2.45, 2.75) is 19.4 Å². The van der Waals surface area contributed by atoms with Crippen LogP contribution in [0.1, 0.15) is 12.5 Å². The molecule has 0 aliphatic heterocycles. The van der Waals surface area contributed by atoms with Crippen LogP contribution in [0.15, 0.2) is 24.3 Å². The van der Waals surface area contributed by atoms with E-state index in [1.165, 1.54) is 5.56 Å². The van der Waals surface area contributed by atoms with Crippen molar-refractivity contribution in [2.24, 2.45) is 0 Å². The molecule has 0 spiro atoms. The minimum Gasteiger partial charge on any atom is -0.382 e. The second-order valence-electron chi connectivity index (χ2n) is 4.29. The minimum absolute atomic E-state index is 0.428. The van der Waals surface area contributed by atoms with Gasteiger partial charge >= 0.3 is 0 Å². The molecule has 102 valence electrons. The third kappa shape index (κ3) is 6.97. The summed E-state index contributed by atoms with van der Waals surface area (Å²) in [5.41, 5.74) is 1.29. The smallest absolute Gasteiger partial charge is 0.0700 e. The molecule has 1 rings (SSSR count). The predicted octanol–water partition coefficient (Wildman–Crippen LogP) is 2.52. The summed E-state index contributed by atoms with van der Waals surface area (Å²) in [6.07, 6.45) is 0.995. The van der Waals surface area contributed by atoms with E-state index in [1.807, 2.05) is 12.1 Å². The first-order chi connectivity index (χ1) is 8.72. The van der Waals surface area contributed by atoms with E-state index in [2.05, 4.69) is 24.4 Å². The van der Waals surface area contributed by atoms with Crippen molar-refractivity contribution >= 4 is 11.6 Å². The Morgan fingerprint density at radius 2 is 1.89 bits per heavy atom. The van der Waals surface area contributed by atoms with Gasteiger partial charge in [-0.05, 0) is 31.0 Å². The average molecular weight is 272 g/mol. The Kier molecular flexibility index (Phi) is 8.01. The van der Waals surface area contributed by atoms with Crippen molar-refractivity contribution in [1.29, 1.82) is 0 Å². The molecule has 18 heavy (non-hydrogen) atoms. The maximum absolute atomic E-state index is 5.85. The largest absolute Gasteiger partial charge is 0.382 e. The number of hydrogen-bond acceptors (Lipinski definition) is 3. The average Bonchev–Trinajstić information content (AvgIpc) is 2.36. The molecule has 1 aromatic carbocycles. The zero-order chi connectivity index (χ0) is 13.2. The van der Waals surface area contributed by atoms with Gasteiger partial charge in [0.15, 0.2) is 0 Å². The fraction of sp³-hybridized carbons (Fsp3) is 0.571. The molecule has 0 heterocycles. The van der Waals surface area contributed by atoms with E-state index in [0.717, 1.165) is 18.0 Å². The van der Waals surface area contributed by atoms with Gasteiger partial charge in [-0.1, -0.05) is 23.7 Å². The molecule has 1 atom stereocenters. The van der Waals surface area contributed by atoms with Crippen LogP contribution in [-0.2, 0) is 15.9 Å². The summed E-state index contributed by atoms with van der Waals surface area (Å²) < 4.78 is 10.3. The van der Waals surface area contributed by atoms with E-state index in [9.17, 15) is 0 Å². The summed E-state index contributed by atoms with van der Waals surface area (Å²) in [5.74, 6) is 0. The summed E-state index contributed by atoms with van der Waals surface area (Å²) in [6.45, 7) is 5.06. The number of nitrogens with one attached hydrogen (secondary N) is 1. The highest BCUT2D eigenvalue weighted by atomic mass is 35.5. The fourth-order valence-electron chi connectivity index (χ4n) is 1.67. The van der Waals surface area contributed by atoms with Gasteiger partial charge in [0.2, 0.25) is 0 Å². The van der Waals surface area contributed by atoms with E-state index in [0.29, 0.717) is 25.9 Å². The van der Waals surface area contributed by atoms with E-state index in [4.69, 9.17) is 21.1 Å². The third-order valence-corrected chi connectivity index (χ3v) is 2.88. The Morgan fingerprint density at radius 1 is 1.17 bits per heavy atom. The maximum Gasteiger partial charge on any atom is 0.0700 e. The minimum atomic E-state index is 0.428. The normalized spacial score (nSPS) is 12.6. The second-order valence-corrected chi connectivity index (χ2v) is 4.73. The lowest BCUT2D eigenvalue weighted by Gasteiger charge is -2.14. The molecule has 0 aliphatic rings. The summed E-state index contributed by atoms with van der Waals surface area (Å²) in [7, 11) is 1.68. The summed E-state index contributed by atoms with van der Waals surface area (Å²) >= 11 is 5.85. The monoisotopic (exact) mass is 271 g/mol. The fourth-order valence-corrected chi connectivity index (χ4v) is 1.79. The molecule has 0 bridgehead atoms. The third-order valence-electron chi connectivity index (χ3n) is 2.63. The summed E-state index contributed by atoms with van der Waals surface area (Å²) in [4.78, 5) is 0. The van der Waals surface area contributed by atoms with Gasteiger partial charge in [0.05, 0.1) is 19.8 Å². The van der Waals surface area contributed by atoms with Crippen LogP contribution in [0, 0.1) is 0 Å². The molecule has 1 aromatic rings. The second kappa shape index (κ2) is 9.34. The molecule has 0 aliphatic carbocycles. The Hall–Kier alpha value is -0.610. The molecule has 4 heteroatoms. The van der Waals surface area contributed by atoms with Gasteiger partial charge in [-0.25, -0.2) is 0 Å². The summed E-state index contributed by atoms with van der Waals surface area (Å²) in [5, 5.41) is 4.21. The zero-order valence-corrected chi connectivity index (χ0v) is 11.9. The Bertz CT molecular complexity index is 316. The predicted molar refractivity (Wildman–Crippen MR) is 75.3 cm³/mol. The lowest BCUT2D eigenvalue weighted by molar-refractivity contribution is 0.0712. The molecule has 0 fully saturated rings. The highest BCUT2D eigenvalue weighted by molar-refractivity contribution is 6.30. The standard InChI is InChI=1S/C14H22ClNO2/c1-12(16-7-8-18-10-9-17-2)11-13-3-5-14(15)6-4-13/h3-6,12,16H,7-11H2,1-2H3. The molecule has 1 N–H and O–H groups in total. The van der Waals surface area contributed by atoms with Gasteiger partial charge in [0.25, 0.3) is 0 Å². The number of halogens is 1. The first kappa shape index (κ1) is 15.4. The Morgan fingerprint density at radius 3 is 2.56 bits per heavy atom. The number of methoxy groups -OCH3 is 1. The summed E-state index contributed by atoms with van der Waals surface area (Å²) in [6, 6.07) is 8.41. The van der Waals surface area contributed by atoms with Crippen LogP contribution in [0.2, 0.25) is 5.02 Å². The molecule has 0 amide bonds. The van der Waals surface area contributed by atoms with Gasteiger partial charge in [0.1, 0.15) is 0 Å². The van der Waals surface area contributed by atoms with Crippen molar-refractivity contribution in [3.63, 3.8) is 0 Å². The van der Waals surface area contributed by atoms with E-state index in [1.54, 1.807) is 7.11 Å². The van der Waals surface area contributed by atoms with Gasteiger partial charge in [-0.2, -0.15) is 0 Å². The molecule has 0 radical (unpaired) electrons. The molecule has 1 unspecified atom stereocenters. The van der Waals surface area contributed by atoms with Gasteiger partial charge in [-0.3, -0.25) is 0 Å². The van der Waals surface area contributed by atoms with E-state index in [-0.39, 0.29) is 0 Å². The lowest BCUT2D eigenvalue weighted by Crippen LogP contribution is -2.31. The van der Waals surface area contributed by atoms with Crippen LogP contribution in [-0.4, -0.2) is 39.5 Å². The lowest BCUT2D eigenvalue weighted by atomic mass is 10.1. The van der Waals surface area contributed by atoms with Crippen LogP contribution in [0.25, 0.3) is 0 Å². The van der Waals surface area contributed by atoms with Crippen LogP contribution < -0.4 is 5.32 Å². The quantitative estimate of drug-likeness (QED) is 0.700. The molecule has 0 aromatic heterocycles. The number of ether oxygens (including phenoxy) is 2. The SMILES string of the molecule is COCCOCCNC(C)Cc1ccc(Cl)cc1. The first-order valence-electron chi connectivity index (χ1n) is 6.27. The topological polar surface area (TPSA) is 30.5 Å². The van der Waals surface area contributed by atoms with E-state index < -0.39 is 0 Å². The molecule has 0 saturated heterocycles. The number of rotatable bonds is 9. The Balaban J connectivity index is 2.10. The van der Waals surface area contributed by atoms with Crippen molar-refractivity contribution < 1.29 is 9.47 Å². The van der Waals surface area contributed by atoms with Crippen molar-refractivity contribution in [3.8, 4) is 0 Å². The van der Waals surface area contributed by atoms with Crippen LogP contribution in [0.4, 0.5) is 0 Å². The van der Waals surface area contributed by atoms with Crippen LogP contribution in [0.5, 0.6) is 0 Å². The molecule has 0 saturated carbocycles. The van der Waals surface area contributed by atoms with Crippen molar-refractivity contribution in [3.05, 3.63) is 34.9 Å². The highest BCUT2D eigenvalue weighted by Gasteiger charge is 2.02. The van der Waals surface area contributed by atoms with Crippen LogP contribution >= 0.6 is 11.6 Å². The van der Waals surface area contributed by atoms with Gasteiger partial charge in [0, 0.05) is 24.7 Å². The maximum atomic E-state index is 5.85. The van der Waals surface area contributed by atoms with Gasteiger partial charge in [-0.15, -0.1) is 0 Å². The van der Waals surface area contributed by atoms with Gasteiger partial charge < -0.3 is 14.8 Å². The number of benzene rings is 1. The first-order valence-corrected chi connectivity index (χ1v) is 6.64. The van der Waals surface area contributed by atoms with E-state index >= 15 is 0 Å². The van der Waals surface area contributed by atoms with Crippen molar-refractivity contribution in [1.82, 2.24) is 5.32 Å². The zero-order valence-electron chi connectivity index (χ0n) is 11.1. The Labute approximate surface area is 114 Å². The van der Waals surface area contributed by atoms with Crippen LogP contribution in [0.3, 0.4) is 0 Å². The molecular weight excluding hydrogens is 250 g/mol. The molecule has 3 nitrogen and oxygen atoms in total. The van der Waals surface area contributed by atoms with Crippen molar-refractivity contribution in [2.75, 3.05) is 33.5 Å². The number of hydrogen-bond donors (Lipinski definition) is 1. The molecular formula is C14H22ClNO2. The highest BCUT2D eigenvalue weighted by Crippen LogP contribution is 2.10.